The molecule has 0 aliphatic carbocycles. The van der Waals surface area contributed by atoms with Crippen molar-refractivity contribution in [3.05, 3.63) is 91.6 Å². The predicted octanol–water partition coefficient (Wildman–Crippen LogP) is 3.54. The largest absolute Gasteiger partial charge is 0.502 e. The summed E-state index contributed by atoms with van der Waals surface area (Å²) in [7, 11) is 3.11. The summed E-state index contributed by atoms with van der Waals surface area (Å²) in [5.74, 6) is -2.32. The van der Waals surface area contributed by atoms with Crippen molar-refractivity contribution in [2.45, 2.75) is 19.9 Å². The van der Waals surface area contributed by atoms with Crippen LogP contribution in [0.1, 0.15) is 37.5 Å². The molecule has 9 heteroatoms. The molecule has 0 atom stereocenters. The molecule has 1 aliphatic rings. The molecule has 2 heterocycles. The van der Waals surface area contributed by atoms with Gasteiger partial charge in [-0.15, -0.1) is 0 Å². The highest BCUT2D eigenvalue weighted by molar-refractivity contribution is 6.30. The molecule has 0 saturated heterocycles. The van der Waals surface area contributed by atoms with E-state index in [1.54, 1.807) is 38.4 Å². The maximum Gasteiger partial charge on any atom is 0.298 e. The zero-order valence-electron chi connectivity index (χ0n) is 18.9. The summed E-state index contributed by atoms with van der Waals surface area (Å²) in [5.41, 5.74) is 1.30. The van der Waals surface area contributed by atoms with Gasteiger partial charge < -0.3 is 14.9 Å². The Labute approximate surface area is 200 Å². The third-order valence-corrected chi connectivity index (χ3v) is 6.13. The van der Waals surface area contributed by atoms with Crippen LogP contribution in [0.2, 0.25) is 5.02 Å². The van der Waals surface area contributed by atoms with Gasteiger partial charge in [-0.3, -0.25) is 19.0 Å². The Morgan fingerprint density at radius 2 is 1.82 bits per heavy atom. The minimum atomic E-state index is -0.854. The Morgan fingerprint density at radius 1 is 1.15 bits per heavy atom. The second-order valence-electron chi connectivity index (χ2n) is 8.45. The van der Waals surface area contributed by atoms with Gasteiger partial charge >= 0.3 is 0 Å². The van der Waals surface area contributed by atoms with E-state index in [0.717, 1.165) is 5.56 Å². The summed E-state index contributed by atoms with van der Waals surface area (Å²) in [5, 5.41) is 10.8. The fourth-order valence-electron chi connectivity index (χ4n) is 4.08. The molecule has 2 amide bonds. The molecule has 0 fully saturated rings. The van der Waals surface area contributed by atoms with Crippen LogP contribution in [0.3, 0.4) is 0 Å². The Bertz CT molecular complexity index is 1370. The molecule has 176 valence electrons. The number of aryl methyl sites for hydroxylation is 1. The number of aromatic nitrogens is 1. The van der Waals surface area contributed by atoms with Crippen molar-refractivity contribution >= 4 is 23.4 Å². The number of carbonyl (C=O) groups excluding carboxylic acids is 2. The molecular formula is C25H23ClFN3O4. The maximum absolute atomic E-state index is 13.5. The van der Waals surface area contributed by atoms with Crippen molar-refractivity contribution in [1.82, 2.24) is 14.4 Å². The number of rotatable bonds is 4. The molecule has 1 aromatic heterocycles. The van der Waals surface area contributed by atoms with Gasteiger partial charge in [-0.25, -0.2) is 4.39 Å². The van der Waals surface area contributed by atoms with Gasteiger partial charge in [0, 0.05) is 38.4 Å². The average molecular weight is 484 g/mol. The van der Waals surface area contributed by atoms with Crippen molar-refractivity contribution < 1.29 is 19.1 Å². The lowest BCUT2D eigenvalue weighted by atomic mass is 9.95. The third kappa shape index (κ3) is 4.05. The number of amides is 2. The van der Waals surface area contributed by atoms with Crippen molar-refractivity contribution in [3.8, 4) is 11.4 Å². The van der Waals surface area contributed by atoms with Crippen LogP contribution in [-0.4, -0.2) is 51.9 Å². The zero-order chi connectivity index (χ0) is 24.7. The fraction of sp³-hybridized carbons (Fsp3) is 0.240. The van der Waals surface area contributed by atoms with Gasteiger partial charge in [0.1, 0.15) is 11.5 Å². The number of hydrogen-bond acceptors (Lipinski definition) is 4. The number of fused-ring (bicyclic) bond motifs is 1. The van der Waals surface area contributed by atoms with Crippen LogP contribution in [0.25, 0.3) is 5.69 Å². The highest BCUT2D eigenvalue weighted by atomic mass is 35.5. The Kier molecular flexibility index (Phi) is 6.18. The van der Waals surface area contributed by atoms with Gasteiger partial charge in [-0.05, 0) is 43.2 Å². The smallest absolute Gasteiger partial charge is 0.298 e. The summed E-state index contributed by atoms with van der Waals surface area (Å²) in [6.07, 6.45) is 0.241. The zero-order valence-corrected chi connectivity index (χ0v) is 19.7. The Hall–Kier alpha value is -3.65. The first kappa shape index (κ1) is 23.5. The molecule has 3 aromatic rings. The van der Waals surface area contributed by atoms with Crippen molar-refractivity contribution in [1.29, 1.82) is 0 Å². The van der Waals surface area contributed by atoms with Gasteiger partial charge in [0.2, 0.25) is 0 Å². The summed E-state index contributed by atoms with van der Waals surface area (Å²) in [6.45, 7) is 2.24. The van der Waals surface area contributed by atoms with Crippen LogP contribution >= 0.6 is 11.6 Å². The SMILES string of the molecule is Cc1ccc(-n2c(C(=O)N(C)C)c3c(c(O)c2=O)C(=O)N(Cc2ccc(F)c(Cl)c2)CC3)cc1. The van der Waals surface area contributed by atoms with E-state index in [2.05, 4.69) is 0 Å². The number of benzene rings is 2. The monoisotopic (exact) mass is 483 g/mol. The molecule has 0 radical (unpaired) electrons. The highest BCUT2D eigenvalue weighted by Crippen LogP contribution is 2.31. The van der Waals surface area contributed by atoms with Gasteiger partial charge in [-0.1, -0.05) is 35.4 Å². The number of carbonyl (C=O) groups is 2. The van der Waals surface area contributed by atoms with E-state index in [-0.39, 0.29) is 35.8 Å². The molecule has 34 heavy (non-hydrogen) atoms. The number of hydrogen-bond donors (Lipinski definition) is 1. The van der Waals surface area contributed by atoms with E-state index in [1.807, 2.05) is 6.92 Å². The molecule has 2 aromatic carbocycles. The number of halogens is 2. The first-order valence-electron chi connectivity index (χ1n) is 10.6. The molecule has 0 saturated carbocycles. The Morgan fingerprint density at radius 3 is 2.44 bits per heavy atom. The molecule has 7 nitrogen and oxygen atoms in total. The van der Waals surface area contributed by atoms with Crippen LogP contribution in [0, 0.1) is 12.7 Å². The van der Waals surface area contributed by atoms with E-state index < -0.39 is 28.9 Å². The van der Waals surface area contributed by atoms with Crippen LogP contribution < -0.4 is 5.56 Å². The number of nitrogens with zero attached hydrogens (tertiary/aromatic N) is 3. The van der Waals surface area contributed by atoms with Gasteiger partial charge in [0.25, 0.3) is 17.4 Å². The number of aromatic hydroxyl groups is 1. The fourth-order valence-corrected chi connectivity index (χ4v) is 4.28. The lowest BCUT2D eigenvalue weighted by molar-refractivity contribution is 0.0720. The quantitative estimate of drug-likeness (QED) is 0.615. The average Bonchev–Trinajstić information content (AvgIpc) is 2.80. The maximum atomic E-state index is 13.5. The standard InChI is InChI=1S/C25H23ClFN3O4/c1-14-4-7-16(8-5-14)30-21(24(33)28(2)3)17-10-11-29(23(32)20(17)22(31)25(30)34)13-15-6-9-19(27)18(26)12-15/h4-9,12,31H,10-11,13H2,1-3H3. The molecule has 1 N–H and O–H groups in total. The van der Waals surface area contributed by atoms with E-state index in [0.29, 0.717) is 16.8 Å². The second-order valence-corrected chi connectivity index (χ2v) is 8.86. The second kappa shape index (κ2) is 8.95. The summed E-state index contributed by atoms with van der Waals surface area (Å²) in [4.78, 5) is 42.6. The number of pyridine rings is 1. The van der Waals surface area contributed by atoms with E-state index >= 15 is 0 Å². The lowest BCUT2D eigenvalue weighted by Crippen LogP contribution is -2.42. The third-order valence-electron chi connectivity index (χ3n) is 5.84. The van der Waals surface area contributed by atoms with Crippen LogP contribution in [0.4, 0.5) is 4.39 Å². The normalized spacial score (nSPS) is 13.1. The van der Waals surface area contributed by atoms with E-state index in [1.165, 1.54) is 32.6 Å². The Balaban J connectivity index is 1.86. The topological polar surface area (TPSA) is 82.8 Å². The van der Waals surface area contributed by atoms with E-state index in [9.17, 15) is 23.9 Å². The summed E-state index contributed by atoms with van der Waals surface area (Å²) in [6, 6.07) is 11.1. The van der Waals surface area contributed by atoms with Gasteiger partial charge in [-0.2, -0.15) is 0 Å². The minimum absolute atomic E-state index is 0.0458. The summed E-state index contributed by atoms with van der Waals surface area (Å²) >= 11 is 5.86. The van der Waals surface area contributed by atoms with Gasteiger partial charge in [0.05, 0.1) is 10.6 Å². The van der Waals surface area contributed by atoms with Crippen molar-refractivity contribution in [2.24, 2.45) is 0 Å². The van der Waals surface area contributed by atoms with Crippen LogP contribution in [-0.2, 0) is 13.0 Å². The van der Waals surface area contributed by atoms with Crippen molar-refractivity contribution in [3.63, 3.8) is 0 Å². The highest BCUT2D eigenvalue weighted by Gasteiger charge is 2.35. The molecule has 4 rings (SSSR count). The lowest BCUT2D eigenvalue weighted by Gasteiger charge is -2.31. The minimum Gasteiger partial charge on any atom is -0.502 e. The van der Waals surface area contributed by atoms with Crippen LogP contribution in [0.5, 0.6) is 5.75 Å². The molecular weight excluding hydrogens is 461 g/mol. The first-order valence-corrected chi connectivity index (χ1v) is 11.0. The molecule has 0 bridgehead atoms. The molecule has 0 unspecified atom stereocenters. The predicted molar refractivity (Wildman–Crippen MR) is 126 cm³/mol. The van der Waals surface area contributed by atoms with Gasteiger partial charge in [0.15, 0.2) is 5.75 Å². The summed E-state index contributed by atoms with van der Waals surface area (Å²) < 4.78 is 14.7. The van der Waals surface area contributed by atoms with Crippen molar-refractivity contribution in [2.75, 3.05) is 20.6 Å². The molecule has 0 spiro atoms. The van der Waals surface area contributed by atoms with Crippen LogP contribution in [0.15, 0.2) is 47.3 Å². The van der Waals surface area contributed by atoms with E-state index in [4.69, 9.17) is 11.6 Å². The first-order chi connectivity index (χ1) is 16.1. The molecule has 1 aliphatic heterocycles.